The van der Waals surface area contributed by atoms with E-state index in [1.807, 2.05) is 33.5 Å². The number of hydrogen-bond acceptors (Lipinski definition) is 2. The molecule has 4 nitrogen and oxygen atoms in total. The lowest BCUT2D eigenvalue weighted by Crippen LogP contribution is -3.12. The molecule has 2 aromatic heterocycles. The van der Waals surface area contributed by atoms with Gasteiger partial charge in [0.15, 0.2) is 12.3 Å². The van der Waals surface area contributed by atoms with Crippen LogP contribution in [-0.4, -0.2) is 27.3 Å². The van der Waals surface area contributed by atoms with Crippen LogP contribution in [0.2, 0.25) is 0 Å². The smallest absolute Gasteiger partial charge is 0.207 e. The molecule has 1 aromatic carbocycles. The van der Waals surface area contributed by atoms with Crippen LogP contribution in [0, 0.1) is 10.7 Å². The minimum Gasteiger partial charge on any atom is -0.316 e. The molecule has 24 heavy (non-hydrogen) atoms. The Kier molecular flexibility index (Phi) is 4.45. The summed E-state index contributed by atoms with van der Waals surface area (Å²) in [5.74, 6) is 0.810. The van der Waals surface area contributed by atoms with Crippen molar-refractivity contribution in [1.29, 1.82) is 0 Å². The molecule has 0 radical (unpaired) electrons. The first-order valence-electron chi connectivity index (χ1n) is 8.71. The number of quaternary nitrogens is 1. The summed E-state index contributed by atoms with van der Waals surface area (Å²) in [7, 11) is 0. The van der Waals surface area contributed by atoms with Gasteiger partial charge in [0.05, 0.1) is 13.1 Å². The van der Waals surface area contributed by atoms with E-state index in [0.717, 1.165) is 23.0 Å². The summed E-state index contributed by atoms with van der Waals surface area (Å²) in [5, 5.41) is 4.65. The third-order valence-corrected chi connectivity index (χ3v) is 5.45. The maximum absolute atomic E-state index is 5.56. The molecule has 3 heterocycles. The van der Waals surface area contributed by atoms with Crippen molar-refractivity contribution in [1.82, 2.24) is 14.2 Å². The Hall–Kier alpha value is -1.98. The second-order valence-corrected chi connectivity index (χ2v) is 7.12. The number of fused-ring (bicyclic) bond motifs is 1. The fourth-order valence-electron chi connectivity index (χ4n) is 3.68. The molecule has 4 rings (SSSR count). The van der Waals surface area contributed by atoms with E-state index in [9.17, 15) is 0 Å². The molecule has 3 aromatic rings. The van der Waals surface area contributed by atoms with Gasteiger partial charge in [-0.25, -0.2) is 0 Å². The first kappa shape index (κ1) is 15.5. The molecule has 0 spiro atoms. The number of benzene rings is 1. The van der Waals surface area contributed by atoms with Crippen molar-refractivity contribution in [2.24, 2.45) is 5.92 Å². The van der Waals surface area contributed by atoms with Gasteiger partial charge in [0, 0.05) is 6.20 Å². The lowest BCUT2D eigenvalue weighted by Gasteiger charge is -2.29. The van der Waals surface area contributed by atoms with Gasteiger partial charge in [-0.15, -0.1) is 5.10 Å². The number of hydrogen-bond donors (Lipinski definition) is 1. The van der Waals surface area contributed by atoms with Gasteiger partial charge in [-0.2, -0.15) is 4.68 Å². The molecule has 0 atom stereocenters. The maximum atomic E-state index is 5.56. The summed E-state index contributed by atoms with van der Waals surface area (Å²) in [5.41, 5.74) is 2.40. The highest BCUT2D eigenvalue weighted by molar-refractivity contribution is 7.71. The van der Waals surface area contributed by atoms with Gasteiger partial charge in [-0.05, 0) is 55.1 Å². The third kappa shape index (κ3) is 3.28. The summed E-state index contributed by atoms with van der Waals surface area (Å²) in [4.78, 5) is 1.58. The van der Waals surface area contributed by atoms with Gasteiger partial charge in [0.25, 0.3) is 0 Å². The average Bonchev–Trinajstić information content (AvgIpc) is 2.94. The van der Waals surface area contributed by atoms with E-state index in [0.29, 0.717) is 0 Å². The predicted octanol–water partition coefficient (Wildman–Crippen LogP) is 2.36. The number of nitrogens with zero attached hydrogens (tertiary/aromatic N) is 3. The molecular weight excluding hydrogens is 316 g/mol. The second kappa shape index (κ2) is 6.87. The van der Waals surface area contributed by atoms with E-state index in [2.05, 4.69) is 35.4 Å². The average molecular weight is 339 g/mol. The molecule has 0 amide bonds. The number of rotatable bonds is 4. The standard InChI is InChI=1S/C19H22N4S/c24-19-22-11-5-4-8-18(22)20-23(19)15-21-12-9-17(10-13-21)14-16-6-2-1-3-7-16/h1-8,11,17H,9-10,12-15H2/p+1. The minimum atomic E-state index is 0.796. The summed E-state index contributed by atoms with van der Waals surface area (Å²) < 4.78 is 4.76. The van der Waals surface area contributed by atoms with Crippen LogP contribution in [0.1, 0.15) is 18.4 Å². The van der Waals surface area contributed by atoms with E-state index in [1.54, 1.807) is 4.90 Å². The van der Waals surface area contributed by atoms with Gasteiger partial charge in [-0.1, -0.05) is 36.4 Å². The Balaban J connectivity index is 1.37. The van der Waals surface area contributed by atoms with Crippen molar-refractivity contribution in [2.75, 3.05) is 13.1 Å². The van der Waals surface area contributed by atoms with E-state index in [1.165, 1.54) is 37.9 Å². The van der Waals surface area contributed by atoms with E-state index in [4.69, 9.17) is 12.2 Å². The molecule has 1 aliphatic rings. The lowest BCUT2D eigenvalue weighted by molar-refractivity contribution is -0.929. The van der Waals surface area contributed by atoms with Crippen LogP contribution in [0.25, 0.3) is 5.65 Å². The second-order valence-electron chi connectivity index (χ2n) is 6.75. The molecule has 1 N–H and O–H groups in total. The largest absolute Gasteiger partial charge is 0.316 e. The Morgan fingerprint density at radius 2 is 1.79 bits per heavy atom. The van der Waals surface area contributed by atoms with Crippen molar-refractivity contribution in [3.05, 3.63) is 65.1 Å². The van der Waals surface area contributed by atoms with Crippen LogP contribution in [0.4, 0.5) is 0 Å². The Morgan fingerprint density at radius 3 is 2.54 bits per heavy atom. The molecule has 1 aliphatic heterocycles. The highest BCUT2D eigenvalue weighted by Crippen LogP contribution is 2.16. The zero-order chi connectivity index (χ0) is 16.4. The third-order valence-electron chi connectivity index (χ3n) is 5.04. The zero-order valence-electron chi connectivity index (χ0n) is 13.8. The Bertz CT molecular complexity index is 860. The maximum Gasteiger partial charge on any atom is 0.207 e. The molecule has 0 bridgehead atoms. The quantitative estimate of drug-likeness (QED) is 0.739. The highest BCUT2D eigenvalue weighted by Gasteiger charge is 2.23. The van der Waals surface area contributed by atoms with E-state index < -0.39 is 0 Å². The van der Waals surface area contributed by atoms with Crippen LogP contribution in [0.3, 0.4) is 0 Å². The fourth-order valence-corrected chi connectivity index (χ4v) is 3.94. The first-order chi connectivity index (χ1) is 11.8. The number of likely N-dealkylation sites (tertiary alicyclic amines) is 1. The normalized spacial score (nSPS) is 21.2. The van der Waals surface area contributed by atoms with Crippen molar-refractivity contribution >= 4 is 17.9 Å². The minimum absolute atomic E-state index is 0.796. The van der Waals surface area contributed by atoms with Gasteiger partial charge >= 0.3 is 0 Å². The van der Waals surface area contributed by atoms with Gasteiger partial charge in [0.2, 0.25) is 4.77 Å². The van der Waals surface area contributed by atoms with Crippen molar-refractivity contribution < 1.29 is 4.90 Å². The zero-order valence-corrected chi connectivity index (χ0v) is 14.6. The fraction of sp³-hybridized carbons (Fsp3) is 0.368. The summed E-state index contributed by atoms with van der Waals surface area (Å²) in [6, 6.07) is 16.9. The molecule has 5 heteroatoms. The highest BCUT2D eigenvalue weighted by atomic mass is 32.1. The van der Waals surface area contributed by atoms with Crippen LogP contribution < -0.4 is 4.90 Å². The molecule has 0 saturated carbocycles. The van der Waals surface area contributed by atoms with Crippen LogP contribution >= 0.6 is 12.2 Å². The van der Waals surface area contributed by atoms with Crippen LogP contribution in [0.5, 0.6) is 0 Å². The topological polar surface area (TPSA) is 26.7 Å². The van der Waals surface area contributed by atoms with E-state index in [-0.39, 0.29) is 0 Å². The predicted molar refractivity (Wildman–Crippen MR) is 97.6 cm³/mol. The van der Waals surface area contributed by atoms with Crippen LogP contribution in [-0.2, 0) is 13.1 Å². The lowest BCUT2D eigenvalue weighted by atomic mass is 9.90. The summed E-state index contributed by atoms with van der Waals surface area (Å²) >= 11 is 5.56. The van der Waals surface area contributed by atoms with Gasteiger partial charge in [-0.3, -0.25) is 4.40 Å². The van der Waals surface area contributed by atoms with Crippen molar-refractivity contribution in [2.45, 2.75) is 25.9 Å². The molecule has 0 unspecified atom stereocenters. The van der Waals surface area contributed by atoms with E-state index >= 15 is 0 Å². The molecule has 124 valence electrons. The van der Waals surface area contributed by atoms with Crippen LogP contribution in [0.15, 0.2) is 54.7 Å². The number of aromatic nitrogens is 3. The Morgan fingerprint density at radius 1 is 1.04 bits per heavy atom. The number of piperidine rings is 1. The van der Waals surface area contributed by atoms with Gasteiger partial charge in [0.1, 0.15) is 0 Å². The monoisotopic (exact) mass is 339 g/mol. The molecule has 1 fully saturated rings. The number of pyridine rings is 1. The molecular formula is C19H23N4S+. The summed E-state index contributed by atoms with van der Waals surface area (Å²) in [6.07, 6.45) is 5.76. The molecule has 1 saturated heterocycles. The van der Waals surface area contributed by atoms with Crippen molar-refractivity contribution in [3.63, 3.8) is 0 Å². The van der Waals surface area contributed by atoms with Gasteiger partial charge < -0.3 is 4.90 Å². The first-order valence-corrected chi connectivity index (χ1v) is 9.12. The van der Waals surface area contributed by atoms with Crippen molar-refractivity contribution in [3.8, 4) is 0 Å². The Labute approximate surface area is 147 Å². The SMILES string of the molecule is S=c1n(C[NH+]2CCC(Cc3ccccc3)CC2)nc2ccccn12. The summed E-state index contributed by atoms with van der Waals surface area (Å²) in [6.45, 7) is 3.28. The number of nitrogens with one attached hydrogen (secondary N) is 1. The molecule has 0 aliphatic carbocycles.